The van der Waals surface area contributed by atoms with Crippen LogP contribution in [-0.4, -0.2) is 23.0 Å². The Kier molecular flexibility index (Phi) is 4.24. The van der Waals surface area contributed by atoms with Crippen molar-refractivity contribution in [3.8, 4) is 5.88 Å². The van der Waals surface area contributed by atoms with Gasteiger partial charge in [-0.15, -0.1) is 0 Å². The highest BCUT2D eigenvalue weighted by Crippen LogP contribution is 2.09. The van der Waals surface area contributed by atoms with Crippen molar-refractivity contribution >= 4 is 5.91 Å². The Morgan fingerprint density at radius 3 is 2.90 bits per heavy atom. The molecule has 0 atom stereocenters. The van der Waals surface area contributed by atoms with Gasteiger partial charge in [-0.05, 0) is 30.2 Å². The number of pyridine rings is 2. The summed E-state index contributed by atoms with van der Waals surface area (Å²) < 4.78 is 18.1. The molecule has 6 heteroatoms. The fraction of sp³-hybridized carbons (Fsp3) is 0.214. The van der Waals surface area contributed by atoms with Gasteiger partial charge in [0.1, 0.15) is 11.5 Å². The third-order valence-corrected chi connectivity index (χ3v) is 2.74. The monoisotopic (exact) mass is 275 g/mol. The standard InChI is InChI=1S/C14H14FN3O2/c1-9-5-12(17-8-11(9)15)14(19)18-7-10-3-4-16-13(6-10)20-2/h3-6,8H,7H2,1-2H3,(H,18,19). The minimum atomic E-state index is -0.430. The molecule has 0 aliphatic heterocycles. The van der Waals surface area contributed by atoms with Gasteiger partial charge in [0.15, 0.2) is 0 Å². The van der Waals surface area contributed by atoms with Crippen molar-refractivity contribution in [3.05, 3.63) is 53.2 Å². The maximum atomic E-state index is 13.1. The second kappa shape index (κ2) is 6.10. The average Bonchev–Trinajstić information content (AvgIpc) is 2.47. The maximum absolute atomic E-state index is 13.1. The summed E-state index contributed by atoms with van der Waals surface area (Å²) in [6.45, 7) is 1.90. The minimum absolute atomic E-state index is 0.185. The smallest absolute Gasteiger partial charge is 0.270 e. The molecule has 0 aliphatic carbocycles. The third-order valence-electron chi connectivity index (χ3n) is 2.74. The second-order valence-electron chi connectivity index (χ2n) is 4.21. The largest absolute Gasteiger partial charge is 0.481 e. The number of ether oxygens (including phenoxy) is 1. The molecule has 0 radical (unpaired) electrons. The van der Waals surface area contributed by atoms with E-state index < -0.39 is 5.82 Å². The van der Waals surface area contributed by atoms with Crippen molar-refractivity contribution in [1.29, 1.82) is 0 Å². The molecule has 1 N–H and O–H groups in total. The number of carbonyl (C=O) groups is 1. The molecule has 0 fully saturated rings. The van der Waals surface area contributed by atoms with Crippen LogP contribution >= 0.6 is 0 Å². The number of hydrogen-bond donors (Lipinski definition) is 1. The number of aryl methyl sites for hydroxylation is 1. The van der Waals surface area contributed by atoms with Crippen LogP contribution in [0.2, 0.25) is 0 Å². The molecule has 0 spiro atoms. The first-order chi connectivity index (χ1) is 9.60. The van der Waals surface area contributed by atoms with Crippen LogP contribution in [0.4, 0.5) is 4.39 Å². The van der Waals surface area contributed by atoms with E-state index in [4.69, 9.17) is 4.74 Å². The molecule has 0 aromatic carbocycles. The molecule has 0 bridgehead atoms. The lowest BCUT2D eigenvalue weighted by Gasteiger charge is -2.06. The van der Waals surface area contributed by atoms with E-state index in [1.807, 2.05) is 0 Å². The SMILES string of the molecule is COc1cc(CNC(=O)c2cc(C)c(F)cn2)ccn1. The first-order valence-corrected chi connectivity index (χ1v) is 5.99. The van der Waals surface area contributed by atoms with Crippen LogP contribution in [0.25, 0.3) is 0 Å². The average molecular weight is 275 g/mol. The number of aromatic nitrogens is 2. The van der Waals surface area contributed by atoms with Crippen LogP contribution in [-0.2, 0) is 6.54 Å². The molecule has 0 unspecified atom stereocenters. The van der Waals surface area contributed by atoms with Gasteiger partial charge < -0.3 is 10.1 Å². The van der Waals surface area contributed by atoms with E-state index in [1.54, 1.807) is 25.3 Å². The zero-order valence-electron chi connectivity index (χ0n) is 11.2. The number of carbonyl (C=O) groups excluding carboxylic acids is 1. The summed E-state index contributed by atoms with van der Waals surface area (Å²) in [5, 5.41) is 2.71. The van der Waals surface area contributed by atoms with E-state index in [1.165, 1.54) is 13.2 Å². The predicted octanol–water partition coefficient (Wildman–Crippen LogP) is 1.86. The number of nitrogens with one attached hydrogen (secondary N) is 1. The summed E-state index contributed by atoms with van der Waals surface area (Å²) >= 11 is 0. The van der Waals surface area contributed by atoms with Crippen molar-refractivity contribution in [2.45, 2.75) is 13.5 Å². The Bertz CT molecular complexity index is 632. The molecule has 20 heavy (non-hydrogen) atoms. The normalized spacial score (nSPS) is 10.2. The van der Waals surface area contributed by atoms with E-state index in [2.05, 4.69) is 15.3 Å². The summed E-state index contributed by atoms with van der Waals surface area (Å²) in [7, 11) is 1.52. The second-order valence-corrected chi connectivity index (χ2v) is 4.21. The zero-order valence-corrected chi connectivity index (χ0v) is 11.2. The third kappa shape index (κ3) is 3.28. The molecule has 2 aromatic rings. The molecule has 1 amide bonds. The molecule has 5 nitrogen and oxygen atoms in total. The van der Waals surface area contributed by atoms with E-state index in [0.29, 0.717) is 18.0 Å². The summed E-state index contributed by atoms with van der Waals surface area (Å²) in [5.74, 6) is -0.309. The Morgan fingerprint density at radius 1 is 1.40 bits per heavy atom. The number of hydrogen-bond acceptors (Lipinski definition) is 4. The van der Waals surface area contributed by atoms with Crippen LogP contribution in [0, 0.1) is 12.7 Å². The molecule has 0 aliphatic rings. The van der Waals surface area contributed by atoms with Crippen LogP contribution in [0.5, 0.6) is 5.88 Å². The topological polar surface area (TPSA) is 64.1 Å². The molecule has 2 aromatic heterocycles. The van der Waals surface area contributed by atoms with Crippen molar-refractivity contribution in [2.75, 3.05) is 7.11 Å². The Hall–Kier alpha value is -2.50. The van der Waals surface area contributed by atoms with Gasteiger partial charge in [-0.1, -0.05) is 0 Å². The highest BCUT2D eigenvalue weighted by Gasteiger charge is 2.09. The number of amides is 1. The van der Waals surface area contributed by atoms with Gasteiger partial charge >= 0.3 is 0 Å². The molecule has 2 heterocycles. The first kappa shape index (κ1) is 13.9. The fourth-order valence-corrected chi connectivity index (χ4v) is 1.61. The fourth-order valence-electron chi connectivity index (χ4n) is 1.61. The van der Waals surface area contributed by atoms with Gasteiger partial charge in [-0.3, -0.25) is 4.79 Å². The van der Waals surface area contributed by atoms with Crippen LogP contribution in [0.1, 0.15) is 21.6 Å². The molecule has 0 saturated heterocycles. The van der Waals surface area contributed by atoms with Gasteiger partial charge in [0, 0.05) is 18.8 Å². The molecular formula is C14H14FN3O2. The summed E-state index contributed by atoms with van der Waals surface area (Å²) in [4.78, 5) is 19.6. The maximum Gasteiger partial charge on any atom is 0.270 e. The lowest BCUT2D eigenvalue weighted by Crippen LogP contribution is -2.24. The molecule has 2 rings (SSSR count). The summed E-state index contributed by atoms with van der Waals surface area (Å²) in [5.41, 5.74) is 1.42. The lowest BCUT2D eigenvalue weighted by atomic mass is 10.2. The van der Waals surface area contributed by atoms with E-state index in [9.17, 15) is 9.18 Å². The van der Waals surface area contributed by atoms with Crippen LogP contribution in [0.3, 0.4) is 0 Å². The zero-order chi connectivity index (χ0) is 14.5. The van der Waals surface area contributed by atoms with Gasteiger partial charge in [-0.25, -0.2) is 14.4 Å². The van der Waals surface area contributed by atoms with Gasteiger partial charge in [0.05, 0.1) is 13.3 Å². The highest BCUT2D eigenvalue weighted by atomic mass is 19.1. The van der Waals surface area contributed by atoms with Crippen molar-refractivity contribution in [3.63, 3.8) is 0 Å². The van der Waals surface area contributed by atoms with E-state index in [0.717, 1.165) is 11.8 Å². The number of nitrogens with zero attached hydrogens (tertiary/aromatic N) is 2. The van der Waals surface area contributed by atoms with Crippen LogP contribution < -0.4 is 10.1 Å². The minimum Gasteiger partial charge on any atom is -0.481 e. The predicted molar refractivity (Wildman–Crippen MR) is 70.9 cm³/mol. The van der Waals surface area contributed by atoms with Crippen molar-refractivity contribution in [1.82, 2.24) is 15.3 Å². The Labute approximate surface area is 115 Å². The van der Waals surface area contributed by atoms with Gasteiger partial charge in [-0.2, -0.15) is 0 Å². The van der Waals surface area contributed by atoms with Crippen LogP contribution in [0.15, 0.2) is 30.6 Å². The van der Waals surface area contributed by atoms with Crippen molar-refractivity contribution < 1.29 is 13.9 Å². The Balaban J connectivity index is 2.02. The Morgan fingerprint density at radius 2 is 2.20 bits per heavy atom. The quantitative estimate of drug-likeness (QED) is 0.925. The van der Waals surface area contributed by atoms with Gasteiger partial charge in [0.2, 0.25) is 5.88 Å². The molecule has 0 saturated carbocycles. The summed E-state index contributed by atoms with van der Waals surface area (Å²) in [6, 6.07) is 4.91. The first-order valence-electron chi connectivity index (χ1n) is 5.99. The number of methoxy groups -OCH3 is 1. The number of rotatable bonds is 4. The number of halogens is 1. The van der Waals surface area contributed by atoms with Crippen molar-refractivity contribution in [2.24, 2.45) is 0 Å². The lowest BCUT2D eigenvalue weighted by molar-refractivity contribution is 0.0945. The summed E-state index contributed by atoms with van der Waals surface area (Å²) in [6.07, 6.45) is 2.64. The highest BCUT2D eigenvalue weighted by molar-refractivity contribution is 5.92. The van der Waals surface area contributed by atoms with E-state index >= 15 is 0 Å². The van der Waals surface area contributed by atoms with Gasteiger partial charge in [0.25, 0.3) is 5.91 Å². The molecular weight excluding hydrogens is 261 g/mol. The van der Waals surface area contributed by atoms with E-state index in [-0.39, 0.29) is 11.6 Å². The molecule has 104 valence electrons.